The van der Waals surface area contributed by atoms with Crippen LogP contribution in [0.4, 0.5) is 0 Å². The average Bonchev–Trinajstić information content (AvgIpc) is 3.26. The summed E-state index contributed by atoms with van der Waals surface area (Å²) in [4.78, 5) is 29.7. The average molecular weight is 803 g/mol. The minimum absolute atomic E-state index is 0.0169. The molecule has 0 spiro atoms. The van der Waals surface area contributed by atoms with Gasteiger partial charge < -0.3 is 29.2 Å². The fourth-order valence-corrected chi connectivity index (χ4v) is 7.90. The lowest BCUT2D eigenvalue weighted by molar-refractivity contribution is -0.147. The van der Waals surface area contributed by atoms with E-state index in [4.69, 9.17) is 47.4 Å². The number of carbonyl (C=O) groups is 2. The van der Waals surface area contributed by atoms with Gasteiger partial charge in [0.1, 0.15) is 25.0 Å². The molecule has 290 valence electrons. The second kappa shape index (κ2) is 17.3. The summed E-state index contributed by atoms with van der Waals surface area (Å²) in [6.45, 7) is 2.48. The molecule has 57 heavy (non-hydrogen) atoms. The van der Waals surface area contributed by atoms with Crippen molar-refractivity contribution in [3.8, 4) is 34.4 Å². The van der Waals surface area contributed by atoms with Crippen LogP contribution in [0.3, 0.4) is 0 Å². The number of ether oxygens (including phenoxy) is 4. The van der Waals surface area contributed by atoms with Crippen molar-refractivity contribution in [2.24, 2.45) is 5.92 Å². The highest BCUT2D eigenvalue weighted by Crippen LogP contribution is 2.41. The molecule has 5 aromatic rings. The van der Waals surface area contributed by atoms with Crippen molar-refractivity contribution in [2.75, 3.05) is 26.4 Å². The van der Waals surface area contributed by atoms with Crippen LogP contribution in [0.1, 0.15) is 52.3 Å². The van der Waals surface area contributed by atoms with Crippen molar-refractivity contribution in [1.82, 2.24) is 10.2 Å². The van der Waals surface area contributed by atoms with Crippen LogP contribution < -0.4 is 19.5 Å². The molecule has 3 aliphatic rings. The smallest absolute Gasteiger partial charge is 0.243 e. The third-order valence-electron chi connectivity index (χ3n) is 10.9. The van der Waals surface area contributed by atoms with Crippen LogP contribution in [0, 0.1) is 17.2 Å². The van der Waals surface area contributed by atoms with Crippen LogP contribution >= 0.6 is 23.2 Å². The number of hydrogen-bond acceptors (Lipinski definition) is 7. The number of hydrogen-bond donors (Lipinski definition) is 1. The lowest BCUT2D eigenvalue weighted by Gasteiger charge is -2.39. The number of nitriles is 1. The number of halogens is 2. The number of nitrogens with one attached hydrogen (secondary N) is 1. The quantitative estimate of drug-likeness (QED) is 0.151. The van der Waals surface area contributed by atoms with Crippen LogP contribution in [0.2, 0.25) is 10.0 Å². The maximum absolute atomic E-state index is 14.1. The van der Waals surface area contributed by atoms with Crippen LogP contribution in [-0.4, -0.2) is 49.1 Å². The van der Waals surface area contributed by atoms with Gasteiger partial charge in [-0.05, 0) is 107 Å². The lowest BCUT2D eigenvalue weighted by atomic mass is 9.90. The summed E-state index contributed by atoms with van der Waals surface area (Å²) in [5, 5.41) is 13.2. The Bertz CT molecular complexity index is 2290. The molecule has 1 fully saturated rings. The Morgan fingerprint density at radius 3 is 2.25 bits per heavy atom. The Labute approximate surface area is 342 Å². The molecule has 9 nitrogen and oxygen atoms in total. The van der Waals surface area contributed by atoms with Crippen LogP contribution in [0.25, 0.3) is 11.1 Å². The molecular formula is C46H41Cl2N3O6. The number of nitrogens with zero attached hydrogens (tertiary/aromatic N) is 2. The second-order valence-electron chi connectivity index (χ2n) is 14.6. The number of benzene rings is 5. The Morgan fingerprint density at radius 1 is 0.825 bits per heavy atom. The van der Waals surface area contributed by atoms with Gasteiger partial charge in [-0.2, -0.15) is 5.26 Å². The van der Waals surface area contributed by atoms with E-state index in [2.05, 4.69) is 23.5 Å². The van der Waals surface area contributed by atoms with Gasteiger partial charge in [-0.1, -0.05) is 77.8 Å². The SMILES string of the molecule is N#Cc1ccc(-c2ccc(CCNC(=O)C3Cc4cc5c(cc4CN3C(=O)C3CCOCC3)OC(c3ccc(OCc4ccc(Cl)c(Cl)c4)cc3)CO5)cc2)cc1. The molecule has 1 saturated heterocycles. The number of carbonyl (C=O) groups excluding carboxylic acids is 2. The van der Waals surface area contributed by atoms with E-state index in [0.29, 0.717) is 98.1 Å². The van der Waals surface area contributed by atoms with Gasteiger partial charge in [0.2, 0.25) is 11.8 Å². The summed E-state index contributed by atoms with van der Waals surface area (Å²) in [6, 6.07) is 34.3. The first-order chi connectivity index (χ1) is 27.8. The highest BCUT2D eigenvalue weighted by atomic mass is 35.5. The Morgan fingerprint density at radius 2 is 1.53 bits per heavy atom. The maximum Gasteiger partial charge on any atom is 0.243 e. The highest BCUT2D eigenvalue weighted by molar-refractivity contribution is 6.42. The number of rotatable bonds is 10. The van der Waals surface area contributed by atoms with Gasteiger partial charge in [0.15, 0.2) is 17.6 Å². The second-order valence-corrected chi connectivity index (χ2v) is 15.4. The van der Waals surface area contributed by atoms with Crippen molar-refractivity contribution in [2.45, 2.75) is 51.0 Å². The van der Waals surface area contributed by atoms with Crippen molar-refractivity contribution in [3.63, 3.8) is 0 Å². The van der Waals surface area contributed by atoms with E-state index in [1.165, 1.54) is 0 Å². The Balaban J connectivity index is 0.924. The molecule has 1 N–H and O–H groups in total. The normalized spacial score (nSPS) is 17.6. The first-order valence-electron chi connectivity index (χ1n) is 19.2. The van der Waals surface area contributed by atoms with Gasteiger partial charge in [-0.25, -0.2) is 0 Å². The molecule has 2 atom stereocenters. The predicted molar refractivity (Wildman–Crippen MR) is 217 cm³/mol. The van der Waals surface area contributed by atoms with Crippen molar-refractivity contribution in [1.29, 1.82) is 5.26 Å². The standard InChI is InChI=1S/C46H41Cl2N3O6/c47-39-14-5-31(21-40(39)48)27-55-38-12-10-34(11-13-38)44-28-56-42-23-36-22-41(51(26-37(36)24-43(42)57-44)46(53)35-16-19-54-20-17-35)45(52)50-18-15-29-1-6-32(7-2-29)33-8-3-30(25-49)4-9-33/h1-14,21,23-24,35,41,44H,15-20,22,26-28H2,(H,50,52). The van der Waals surface area contributed by atoms with Crippen molar-refractivity contribution >= 4 is 35.0 Å². The molecule has 8 rings (SSSR count). The molecule has 0 saturated carbocycles. The zero-order chi connectivity index (χ0) is 39.3. The molecule has 3 aliphatic heterocycles. The molecular weight excluding hydrogens is 761 g/mol. The van der Waals surface area contributed by atoms with Gasteiger partial charge >= 0.3 is 0 Å². The highest BCUT2D eigenvalue weighted by Gasteiger charge is 2.39. The van der Waals surface area contributed by atoms with Crippen LogP contribution in [0.5, 0.6) is 17.2 Å². The van der Waals surface area contributed by atoms with E-state index < -0.39 is 6.04 Å². The summed E-state index contributed by atoms with van der Waals surface area (Å²) >= 11 is 12.2. The van der Waals surface area contributed by atoms with Gasteiger partial charge in [-0.3, -0.25) is 9.59 Å². The molecule has 0 radical (unpaired) electrons. The molecule has 0 aromatic heterocycles. The van der Waals surface area contributed by atoms with Gasteiger partial charge in [0.05, 0.1) is 21.7 Å². The largest absolute Gasteiger partial charge is 0.489 e. The fourth-order valence-electron chi connectivity index (χ4n) is 7.58. The Hall–Kier alpha value is -5.53. The summed E-state index contributed by atoms with van der Waals surface area (Å²) in [5.74, 6) is 1.56. The van der Waals surface area contributed by atoms with E-state index in [9.17, 15) is 9.59 Å². The third-order valence-corrected chi connectivity index (χ3v) is 11.6. The van der Waals surface area contributed by atoms with Gasteiger partial charge in [0.25, 0.3) is 0 Å². The topological polar surface area (TPSA) is 110 Å². The Kier molecular flexibility index (Phi) is 11.6. The van der Waals surface area contributed by atoms with E-state index in [-0.39, 0.29) is 23.8 Å². The predicted octanol–water partition coefficient (Wildman–Crippen LogP) is 8.66. The minimum atomic E-state index is -0.653. The first kappa shape index (κ1) is 38.3. The lowest BCUT2D eigenvalue weighted by Crippen LogP contribution is -2.54. The van der Waals surface area contributed by atoms with E-state index in [1.54, 1.807) is 17.0 Å². The van der Waals surface area contributed by atoms with Gasteiger partial charge in [-0.15, -0.1) is 0 Å². The van der Waals surface area contributed by atoms with E-state index in [0.717, 1.165) is 38.9 Å². The molecule has 2 amide bonds. The maximum atomic E-state index is 14.1. The first-order valence-corrected chi connectivity index (χ1v) is 19.9. The third kappa shape index (κ3) is 8.89. The minimum Gasteiger partial charge on any atom is -0.489 e. The summed E-state index contributed by atoms with van der Waals surface area (Å²) < 4.78 is 24.3. The van der Waals surface area contributed by atoms with Crippen molar-refractivity contribution in [3.05, 3.63) is 147 Å². The molecule has 0 bridgehead atoms. The van der Waals surface area contributed by atoms with E-state index in [1.807, 2.05) is 78.9 Å². The van der Waals surface area contributed by atoms with Crippen LogP contribution in [0.15, 0.2) is 103 Å². The molecule has 11 heteroatoms. The van der Waals surface area contributed by atoms with Crippen LogP contribution in [-0.2, 0) is 40.3 Å². The van der Waals surface area contributed by atoms with Gasteiger partial charge in [0, 0.05) is 38.6 Å². The number of fused-ring (bicyclic) bond motifs is 2. The summed E-state index contributed by atoms with van der Waals surface area (Å²) in [7, 11) is 0. The monoisotopic (exact) mass is 801 g/mol. The fraction of sp³-hybridized carbons (Fsp3) is 0.283. The summed E-state index contributed by atoms with van der Waals surface area (Å²) in [5.41, 5.74) is 7.56. The zero-order valence-corrected chi connectivity index (χ0v) is 32.7. The molecule has 3 heterocycles. The van der Waals surface area contributed by atoms with E-state index >= 15 is 0 Å². The summed E-state index contributed by atoms with van der Waals surface area (Å²) in [6.07, 6.45) is 1.95. The zero-order valence-electron chi connectivity index (χ0n) is 31.2. The molecule has 2 unspecified atom stereocenters. The molecule has 0 aliphatic carbocycles. The van der Waals surface area contributed by atoms with Crippen molar-refractivity contribution < 1.29 is 28.5 Å². The molecule has 5 aromatic carbocycles. The number of amides is 2.